The summed E-state index contributed by atoms with van der Waals surface area (Å²) in [5.74, 6) is 1.85. The molecule has 5 rings (SSSR count). The number of aliphatic hydroxyl groups is 1. The summed E-state index contributed by atoms with van der Waals surface area (Å²) in [6.45, 7) is 2.26. The lowest BCUT2D eigenvalue weighted by atomic mass is 9.55. The van der Waals surface area contributed by atoms with Crippen LogP contribution in [0.1, 0.15) is 61.6 Å². The van der Waals surface area contributed by atoms with Gasteiger partial charge in [0.2, 0.25) is 0 Å². The number of aliphatic hydroxyl groups excluding tert-OH is 1. The molecule has 2 fully saturated rings. The number of alkyl halides is 3. The van der Waals surface area contributed by atoms with Gasteiger partial charge >= 0.3 is 6.18 Å². The van der Waals surface area contributed by atoms with Crippen molar-refractivity contribution in [2.45, 2.75) is 63.6 Å². The molecule has 0 heterocycles. The number of aryl methyl sites for hydroxylation is 1. The Morgan fingerprint density at radius 1 is 1.06 bits per heavy atom. The molecule has 1 N–H and O–H groups in total. The second kappa shape index (κ2) is 7.95. The number of ether oxygens (including phenoxy) is 1. The van der Waals surface area contributed by atoms with Gasteiger partial charge in [0, 0.05) is 5.56 Å². The molecule has 0 radical (unpaired) electrons. The Morgan fingerprint density at radius 3 is 2.59 bits per heavy atom. The van der Waals surface area contributed by atoms with Crippen molar-refractivity contribution in [1.29, 1.82) is 0 Å². The fourth-order valence-corrected chi connectivity index (χ4v) is 6.64. The van der Waals surface area contributed by atoms with E-state index in [0.717, 1.165) is 38.5 Å². The first-order valence-electron chi connectivity index (χ1n) is 11.6. The van der Waals surface area contributed by atoms with Crippen molar-refractivity contribution in [2.75, 3.05) is 0 Å². The molecule has 3 aliphatic carbocycles. The first-order valence-corrected chi connectivity index (χ1v) is 11.6. The Bertz CT molecular complexity index is 1010. The minimum absolute atomic E-state index is 0.0364. The Hall–Kier alpha value is -2.27. The number of allylic oxidation sites excluding steroid dienone is 1. The van der Waals surface area contributed by atoms with Crippen molar-refractivity contribution in [3.05, 3.63) is 71.3 Å². The van der Waals surface area contributed by atoms with E-state index in [1.165, 1.54) is 11.1 Å². The van der Waals surface area contributed by atoms with E-state index < -0.39 is 6.18 Å². The normalized spacial score (nSPS) is 32.1. The average molecular weight is 443 g/mol. The van der Waals surface area contributed by atoms with Crippen LogP contribution < -0.4 is 4.74 Å². The van der Waals surface area contributed by atoms with Gasteiger partial charge in [-0.25, -0.2) is 0 Å². The standard InChI is InChI=1S/C27H29F3O2/c1-26-14-13-21-20-10-8-19(15-18(20)7-9-22(21)23(26)11-12-25(26)31)32-24(16-27(28,29)30)17-5-3-2-4-6-17/h2-6,8,10,15-16,21-23,25,31H,7,9,11-14H2,1H3/t21-,22-,23+,25+,26+/m1/s1. The van der Waals surface area contributed by atoms with Crippen LogP contribution in [0.5, 0.6) is 5.75 Å². The summed E-state index contributed by atoms with van der Waals surface area (Å²) >= 11 is 0. The van der Waals surface area contributed by atoms with Crippen molar-refractivity contribution in [1.82, 2.24) is 0 Å². The Labute approximate surface area is 187 Å². The molecule has 0 unspecified atom stereocenters. The van der Waals surface area contributed by atoms with Gasteiger partial charge in [-0.2, -0.15) is 13.2 Å². The van der Waals surface area contributed by atoms with Crippen LogP contribution in [-0.4, -0.2) is 17.4 Å². The van der Waals surface area contributed by atoms with Gasteiger partial charge in [-0.15, -0.1) is 0 Å². The third-order valence-electron chi connectivity index (χ3n) is 8.23. The first kappa shape index (κ1) is 21.6. The van der Waals surface area contributed by atoms with Gasteiger partial charge in [0.15, 0.2) is 0 Å². The zero-order valence-corrected chi connectivity index (χ0v) is 18.2. The predicted octanol–water partition coefficient (Wildman–Crippen LogP) is 6.89. The Morgan fingerprint density at radius 2 is 1.84 bits per heavy atom. The van der Waals surface area contributed by atoms with Gasteiger partial charge in [-0.1, -0.05) is 43.3 Å². The summed E-state index contributed by atoms with van der Waals surface area (Å²) in [4.78, 5) is 0. The van der Waals surface area contributed by atoms with Crippen LogP contribution in [-0.2, 0) is 6.42 Å². The maximum Gasteiger partial charge on any atom is 0.413 e. The van der Waals surface area contributed by atoms with E-state index in [1.807, 2.05) is 12.1 Å². The van der Waals surface area contributed by atoms with Gasteiger partial charge in [0.25, 0.3) is 0 Å². The monoisotopic (exact) mass is 442 g/mol. The van der Waals surface area contributed by atoms with E-state index in [0.29, 0.717) is 29.1 Å². The van der Waals surface area contributed by atoms with Gasteiger partial charge in [-0.05, 0) is 85.0 Å². The SMILES string of the molecule is C[C@]12CC[C@@H]3c4ccc(OC(=CC(F)(F)F)c5ccccc5)cc4CC[C@H]3[C@@H]1CC[C@@H]2O. The van der Waals surface area contributed by atoms with Gasteiger partial charge < -0.3 is 9.84 Å². The minimum atomic E-state index is -4.47. The van der Waals surface area contributed by atoms with Crippen LogP contribution in [0.25, 0.3) is 5.76 Å². The Kier molecular flexibility index (Phi) is 5.36. The van der Waals surface area contributed by atoms with E-state index in [2.05, 4.69) is 13.0 Å². The van der Waals surface area contributed by atoms with Crippen molar-refractivity contribution in [3.8, 4) is 5.75 Å². The molecular weight excluding hydrogens is 413 g/mol. The molecular formula is C27H29F3O2. The molecule has 0 spiro atoms. The predicted molar refractivity (Wildman–Crippen MR) is 118 cm³/mol. The van der Waals surface area contributed by atoms with Crippen LogP contribution in [0, 0.1) is 17.3 Å². The van der Waals surface area contributed by atoms with Crippen LogP contribution in [0.3, 0.4) is 0 Å². The topological polar surface area (TPSA) is 29.5 Å². The molecule has 0 aliphatic heterocycles. The summed E-state index contributed by atoms with van der Waals surface area (Å²) in [5.41, 5.74) is 2.94. The highest BCUT2D eigenvalue weighted by molar-refractivity contribution is 5.63. The molecule has 2 saturated carbocycles. The second-order valence-corrected chi connectivity index (χ2v) is 9.93. The zero-order chi connectivity index (χ0) is 22.5. The van der Waals surface area contributed by atoms with Crippen LogP contribution >= 0.6 is 0 Å². The molecule has 0 aromatic heterocycles. The number of halogens is 3. The molecule has 3 aliphatic rings. The summed E-state index contributed by atoms with van der Waals surface area (Å²) in [5, 5.41) is 10.6. The van der Waals surface area contributed by atoms with Crippen LogP contribution in [0.15, 0.2) is 54.6 Å². The summed E-state index contributed by atoms with van der Waals surface area (Å²) < 4.78 is 45.2. The van der Waals surface area contributed by atoms with Crippen LogP contribution in [0.4, 0.5) is 13.2 Å². The van der Waals surface area contributed by atoms with E-state index in [-0.39, 0.29) is 23.4 Å². The van der Waals surface area contributed by atoms with E-state index >= 15 is 0 Å². The molecule has 0 bridgehead atoms. The third kappa shape index (κ3) is 3.85. The molecule has 2 aromatic carbocycles. The Balaban J connectivity index is 1.41. The molecule has 32 heavy (non-hydrogen) atoms. The molecule has 0 saturated heterocycles. The third-order valence-corrected chi connectivity index (χ3v) is 8.23. The van der Waals surface area contributed by atoms with E-state index in [9.17, 15) is 18.3 Å². The highest BCUT2D eigenvalue weighted by Gasteiger charge is 2.54. The highest BCUT2D eigenvalue weighted by Crippen LogP contribution is 2.61. The molecule has 5 atom stereocenters. The van der Waals surface area contributed by atoms with Gasteiger partial charge in [0.1, 0.15) is 11.5 Å². The summed E-state index contributed by atoms with van der Waals surface area (Å²) in [6.07, 6.45) is 1.63. The second-order valence-electron chi connectivity index (χ2n) is 9.93. The van der Waals surface area contributed by atoms with Gasteiger partial charge in [0.05, 0.1) is 12.2 Å². The number of rotatable bonds is 3. The van der Waals surface area contributed by atoms with Crippen molar-refractivity contribution in [3.63, 3.8) is 0 Å². The fraction of sp³-hybridized carbons (Fsp3) is 0.481. The first-order chi connectivity index (χ1) is 15.2. The smallest absolute Gasteiger partial charge is 0.413 e. The lowest BCUT2D eigenvalue weighted by molar-refractivity contribution is -0.0800. The highest BCUT2D eigenvalue weighted by atomic mass is 19.4. The lowest BCUT2D eigenvalue weighted by Crippen LogP contribution is -2.43. The zero-order valence-electron chi connectivity index (χ0n) is 18.2. The quantitative estimate of drug-likeness (QED) is 0.525. The lowest BCUT2D eigenvalue weighted by Gasteiger charge is -2.50. The largest absolute Gasteiger partial charge is 0.457 e. The maximum atomic E-state index is 13.1. The fourth-order valence-electron chi connectivity index (χ4n) is 6.64. The molecule has 170 valence electrons. The van der Waals surface area contributed by atoms with Crippen LogP contribution in [0.2, 0.25) is 0 Å². The number of hydrogen-bond donors (Lipinski definition) is 1. The van der Waals surface area contributed by atoms with Crippen molar-refractivity contribution >= 4 is 5.76 Å². The number of benzene rings is 2. The summed E-state index contributed by atoms with van der Waals surface area (Å²) in [7, 11) is 0. The molecule has 2 nitrogen and oxygen atoms in total. The number of fused-ring (bicyclic) bond motifs is 5. The molecule has 5 heteroatoms. The van der Waals surface area contributed by atoms with E-state index in [4.69, 9.17) is 4.74 Å². The average Bonchev–Trinajstić information content (AvgIpc) is 3.07. The molecule has 0 amide bonds. The summed E-state index contributed by atoms with van der Waals surface area (Å²) in [6, 6.07) is 14.2. The minimum Gasteiger partial charge on any atom is -0.457 e. The van der Waals surface area contributed by atoms with Crippen molar-refractivity contribution in [2.24, 2.45) is 17.3 Å². The number of hydrogen-bond acceptors (Lipinski definition) is 2. The van der Waals surface area contributed by atoms with E-state index in [1.54, 1.807) is 30.3 Å². The van der Waals surface area contributed by atoms with Crippen molar-refractivity contribution < 1.29 is 23.0 Å². The molecule has 2 aromatic rings. The van der Waals surface area contributed by atoms with Gasteiger partial charge in [-0.3, -0.25) is 0 Å². The maximum absolute atomic E-state index is 13.1.